The molecule has 104 valence electrons. The van der Waals surface area contributed by atoms with Gasteiger partial charge < -0.3 is 15.7 Å². The lowest BCUT2D eigenvalue weighted by Crippen LogP contribution is -2.42. The third-order valence-corrected chi connectivity index (χ3v) is 3.53. The summed E-state index contributed by atoms with van der Waals surface area (Å²) in [5, 5.41) is 15.3. The van der Waals surface area contributed by atoms with Gasteiger partial charge >= 0.3 is 6.03 Å². The second kappa shape index (κ2) is 5.75. The first-order chi connectivity index (χ1) is 8.98. The highest BCUT2D eigenvalue weighted by Crippen LogP contribution is 2.28. The topological polar surface area (TPSA) is 61.4 Å². The molecule has 0 radical (unpaired) electrons. The molecule has 0 atom stereocenters. The molecule has 1 aromatic carbocycles. The number of benzene rings is 1. The van der Waals surface area contributed by atoms with Gasteiger partial charge in [0.05, 0.1) is 11.3 Å². The molecule has 0 heterocycles. The van der Waals surface area contributed by atoms with Gasteiger partial charge in [0.15, 0.2) is 0 Å². The molecule has 0 bridgehead atoms. The molecule has 0 aliphatic heterocycles. The van der Waals surface area contributed by atoms with Crippen molar-refractivity contribution in [2.45, 2.75) is 31.3 Å². The van der Waals surface area contributed by atoms with E-state index in [4.69, 9.17) is 11.6 Å². The van der Waals surface area contributed by atoms with Crippen LogP contribution in [0, 0.1) is 5.82 Å². The Morgan fingerprint density at radius 2 is 2.11 bits per heavy atom. The summed E-state index contributed by atoms with van der Waals surface area (Å²) in [6.45, 7) is 0.175. The summed E-state index contributed by atoms with van der Waals surface area (Å²) in [6.07, 6.45) is 3.29. The Labute approximate surface area is 116 Å². The van der Waals surface area contributed by atoms with Gasteiger partial charge in [-0.15, -0.1) is 0 Å². The number of aliphatic hydroxyl groups is 1. The fourth-order valence-electron chi connectivity index (χ4n) is 2.21. The van der Waals surface area contributed by atoms with E-state index in [9.17, 15) is 14.3 Å². The lowest BCUT2D eigenvalue weighted by Gasteiger charge is -2.22. The number of carbonyl (C=O) groups is 1. The number of hydrogen-bond acceptors (Lipinski definition) is 2. The molecule has 2 rings (SSSR count). The third kappa shape index (κ3) is 3.81. The van der Waals surface area contributed by atoms with Gasteiger partial charge in [-0.05, 0) is 31.0 Å². The maximum Gasteiger partial charge on any atom is 0.319 e. The number of anilines is 1. The quantitative estimate of drug-likeness (QED) is 0.800. The van der Waals surface area contributed by atoms with E-state index in [-0.39, 0.29) is 17.3 Å². The van der Waals surface area contributed by atoms with Crippen LogP contribution in [0.4, 0.5) is 14.9 Å². The van der Waals surface area contributed by atoms with Crippen molar-refractivity contribution in [2.24, 2.45) is 0 Å². The van der Waals surface area contributed by atoms with E-state index in [1.54, 1.807) is 0 Å². The molecule has 3 N–H and O–H groups in total. The summed E-state index contributed by atoms with van der Waals surface area (Å²) in [5.41, 5.74) is -0.768. The standard InChI is InChI=1S/C13H16ClFN2O2/c14-9-3-4-11(10(15)7-9)17-12(18)16-8-13(19)5-1-2-6-13/h3-4,7,19H,1-2,5-6,8H2,(H2,16,17,18). The second-order valence-electron chi connectivity index (χ2n) is 4.86. The molecule has 1 saturated carbocycles. The molecule has 19 heavy (non-hydrogen) atoms. The fraction of sp³-hybridized carbons (Fsp3) is 0.462. The first-order valence-electron chi connectivity index (χ1n) is 6.21. The van der Waals surface area contributed by atoms with Crippen molar-refractivity contribution < 1.29 is 14.3 Å². The van der Waals surface area contributed by atoms with Crippen molar-refractivity contribution in [2.75, 3.05) is 11.9 Å². The summed E-state index contributed by atoms with van der Waals surface area (Å²) >= 11 is 5.62. The van der Waals surface area contributed by atoms with Crippen LogP contribution in [0.5, 0.6) is 0 Å². The van der Waals surface area contributed by atoms with Crippen LogP contribution >= 0.6 is 11.6 Å². The highest BCUT2D eigenvalue weighted by atomic mass is 35.5. The maximum atomic E-state index is 13.5. The van der Waals surface area contributed by atoms with Gasteiger partial charge in [-0.3, -0.25) is 0 Å². The van der Waals surface area contributed by atoms with Crippen molar-refractivity contribution >= 4 is 23.3 Å². The Hall–Kier alpha value is -1.33. The molecule has 0 spiro atoms. The molecule has 0 unspecified atom stereocenters. The molecule has 1 fully saturated rings. The highest BCUT2D eigenvalue weighted by Gasteiger charge is 2.31. The normalized spacial score (nSPS) is 17.2. The van der Waals surface area contributed by atoms with Crippen LogP contribution < -0.4 is 10.6 Å². The molecule has 6 heteroatoms. The molecule has 1 aliphatic rings. The molecule has 2 amide bonds. The number of nitrogens with one attached hydrogen (secondary N) is 2. The van der Waals surface area contributed by atoms with Crippen molar-refractivity contribution in [3.63, 3.8) is 0 Å². The SMILES string of the molecule is O=C(NCC1(O)CCCC1)Nc1ccc(Cl)cc1F. The third-order valence-electron chi connectivity index (χ3n) is 3.29. The van der Waals surface area contributed by atoms with Gasteiger partial charge in [-0.25, -0.2) is 9.18 Å². The average Bonchev–Trinajstić information content (AvgIpc) is 2.78. The van der Waals surface area contributed by atoms with E-state index >= 15 is 0 Å². The summed E-state index contributed by atoms with van der Waals surface area (Å²) in [6, 6.07) is 3.47. The van der Waals surface area contributed by atoms with E-state index in [1.807, 2.05) is 0 Å². The van der Waals surface area contributed by atoms with Crippen LogP contribution in [0.2, 0.25) is 5.02 Å². The summed E-state index contributed by atoms with van der Waals surface area (Å²) < 4.78 is 13.5. The number of amides is 2. The van der Waals surface area contributed by atoms with Gasteiger partial charge in [0.1, 0.15) is 5.82 Å². The largest absolute Gasteiger partial charge is 0.388 e. The van der Waals surface area contributed by atoms with E-state index in [0.29, 0.717) is 12.8 Å². The molecular weight excluding hydrogens is 271 g/mol. The minimum atomic E-state index is -0.824. The van der Waals surface area contributed by atoms with E-state index in [1.165, 1.54) is 12.1 Å². The zero-order valence-corrected chi connectivity index (χ0v) is 11.1. The number of urea groups is 1. The fourth-order valence-corrected chi connectivity index (χ4v) is 2.37. The van der Waals surface area contributed by atoms with Crippen LogP contribution in [-0.2, 0) is 0 Å². The van der Waals surface area contributed by atoms with Crippen molar-refractivity contribution in [3.8, 4) is 0 Å². The van der Waals surface area contributed by atoms with Gasteiger partial charge in [0.2, 0.25) is 0 Å². The Bertz CT molecular complexity index is 476. The summed E-state index contributed by atoms with van der Waals surface area (Å²) in [7, 11) is 0. The van der Waals surface area contributed by atoms with Crippen LogP contribution in [-0.4, -0.2) is 23.3 Å². The molecular formula is C13H16ClFN2O2. The van der Waals surface area contributed by atoms with Crippen LogP contribution in [0.3, 0.4) is 0 Å². The highest BCUT2D eigenvalue weighted by molar-refractivity contribution is 6.30. The van der Waals surface area contributed by atoms with Crippen LogP contribution in [0.15, 0.2) is 18.2 Å². The number of rotatable bonds is 3. The zero-order valence-electron chi connectivity index (χ0n) is 10.4. The average molecular weight is 287 g/mol. The molecule has 1 aliphatic carbocycles. The predicted octanol–water partition coefficient (Wildman–Crippen LogP) is 2.91. The number of halogens is 2. The summed E-state index contributed by atoms with van der Waals surface area (Å²) in [5.74, 6) is -0.595. The first kappa shape index (κ1) is 14.1. The Morgan fingerprint density at radius 1 is 1.42 bits per heavy atom. The van der Waals surface area contributed by atoms with Gasteiger partial charge in [-0.1, -0.05) is 24.4 Å². The lowest BCUT2D eigenvalue weighted by atomic mass is 10.0. The molecule has 4 nitrogen and oxygen atoms in total. The Kier molecular flexibility index (Phi) is 4.27. The molecule has 0 aromatic heterocycles. The second-order valence-corrected chi connectivity index (χ2v) is 5.30. The van der Waals surface area contributed by atoms with Crippen molar-refractivity contribution in [1.29, 1.82) is 0 Å². The lowest BCUT2D eigenvalue weighted by molar-refractivity contribution is 0.0506. The molecule has 0 saturated heterocycles. The van der Waals surface area contributed by atoms with Gasteiger partial charge in [-0.2, -0.15) is 0 Å². The van der Waals surface area contributed by atoms with Crippen molar-refractivity contribution in [3.05, 3.63) is 29.0 Å². The number of hydrogen-bond donors (Lipinski definition) is 3. The van der Waals surface area contributed by atoms with Crippen molar-refractivity contribution in [1.82, 2.24) is 5.32 Å². The first-order valence-corrected chi connectivity index (χ1v) is 6.59. The number of carbonyl (C=O) groups excluding carboxylic acids is 1. The minimum absolute atomic E-state index is 0.0558. The zero-order chi connectivity index (χ0) is 13.9. The van der Waals surface area contributed by atoms with E-state index in [2.05, 4.69) is 10.6 Å². The van der Waals surface area contributed by atoms with Gasteiger partial charge in [0.25, 0.3) is 0 Å². The summed E-state index contributed by atoms with van der Waals surface area (Å²) in [4.78, 5) is 11.6. The van der Waals surface area contributed by atoms with E-state index in [0.717, 1.165) is 18.9 Å². The smallest absolute Gasteiger partial charge is 0.319 e. The monoisotopic (exact) mass is 286 g/mol. The maximum absolute atomic E-state index is 13.5. The minimum Gasteiger partial charge on any atom is -0.388 e. The van der Waals surface area contributed by atoms with Gasteiger partial charge in [0, 0.05) is 11.6 Å². The predicted molar refractivity (Wildman–Crippen MR) is 71.8 cm³/mol. The van der Waals surface area contributed by atoms with Crippen LogP contribution in [0.1, 0.15) is 25.7 Å². The molecule has 1 aromatic rings. The Balaban J connectivity index is 1.87. The Morgan fingerprint density at radius 3 is 2.74 bits per heavy atom. The van der Waals surface area contributed by atoms with E-state index < -0.39 is 17.4 Å². The van der Waals surface area contributed by atoms with Crippen LogP contribution in [0.25, 0.3) is 0 Å².